The number of methoxy groups -OCH3 is 1. The lowest BCUT2D eigenvalue weighted by atomic mass is 10.0. The van der Waals surface area contributed by atoms with Crippen molar-refractivity contribution in [3.63, 3.8) is 0 Å². The van der Waals surface area contributed by atoms with Gasteiger partial charge in [-0.3, -0.25) is 4.79 Å². The van der Waals surface area contributed by atoms with E-state index in [0.29, 0.717) is 17.9 Å². The lowest BCUT2D eigenvalue weighted by Gasteiger charge is -2.17. The topological polar surface area (TPSA) is 64.6 Å². The summed E-state index contributed by atoms with van der Waals surface area (Å²) in [6, 6.07) is 22.1. The first-order valence-corrected chi connectivity index (χ1v) is 9.91. The predicted molar refractivity (Wildman–Crippen MR) is 115 cm³/mol. The number of rotatable bonds is 9. The molecule has 3 rings (SSSR count). The van der Waals surface area contributed by atoms with Gasteiger partial charge >= 0.3 is 5.97 Å². The Morgan fingerprint density at radius 3 is 2.29 bits per heavy atom. The van der Waals surface area contributed by atoms with Gasteiger partial charge in [0.05, 0.1) is 13.5 Å². The molecule has 0 bridgehead atoms. The fourth-order valence-corrected chi connectivity index (χ4v) is 3.11. The summed E-state index contributed by atoms with van der Waals surface area (Å²) in [5.74, 6) is -0.637. The Bertz CT molecular complexity index is 1010. The Hall–Kier alpha value is -3.67. The van der Waals surface area contributed by atoms with Crippen LogP contribution in [0.25, 0.3) is 0 Å². The molecule has 160 valence electrons. The van der Waals surface area contributed by atoms with Gasteiger partial charge in [-0.1, -0.05) is 54.6 Å². The molecule has 31 heavy (non-hydrogen) atoms. The van der Waals surface area contributed by atoms with Crippen LogP contribution in [0.5, 0.6) is 5.75 Å². The maximum Gasteiger partial charge on any atom is 0.328 e. The molecule has 0 heterocycles. The molecule has 5 nitrogen and oxygen atoms in total. The number of hydrogen-bond donors (Lipinski definition) is 1. The second kappa shape index (κ2) is 10.9. The zero-order valence-corrected chi connectivity index (χ0v) is 17.2. The number of benzene rings is 3. The SMILES string of the molecule is COC(=O)[C@H](Cc1ccc(OCc2ccccc2)cc1)NC(=O)Cc1cccc(F)c1. The highest BCUT2D eigenvalue weighted by atomic mass is 19.1. The van der Waals surface area contributed by atoms with Gasteiger partial charge in [-0.25, -0.2) is 9.18 Å². The molecular formula is C25H24FNO4. The number of carbonyl (C=O) groups is 2. The minimum absolute atomic E-state index is 0.0302. The third kappa shape index (κ3) is 6.96. The summed E-state index contributed by atoms with van der Waals surface area (Å²) in [5, 5.41) is 2.68. The summed E-state index contributed by atoms with van der Waals surface area (Å²) < 4.78 is 23.9. The number of carbonyl (C=O) groups excluding carboxylic acids is 2. The molecule has 1 atom stereocenters. The molecule has 1 amide bonds. The monoisotopic (exact) mass is 421 g/mol. The molecule has 3 aromatic carbocycles. The van der Waals surface area contributed by atoms with E-state index >= 15 is 0 Å². The molecule has 6 heteroatoms. The predicted octanol–water partition coefficient (Wildman–Crippen LogP) is 3.85. The largest absolute Gasteiger partial charge is 0.489 e. The van der Waals surface area contributed by atoms with E-state index in [4.69, 9.17) is 9.47 Å². The minimum atomic E-state index is -0.845. The van der Waals surface area contributed by atoms with Gasteiger partial charge < -0.3 is 14.8 Å². The highest BCUT2D eigenvalue weighted by Crippen LogP contribution is 2.16. The Kier molecular flexibility index (Phi) is 7.76. The zero-order chi connectivity index (χ0) is 22.1. The summed E-state index contributed by atoms with van der Waals surface area (Å²) >= 11 is 0. The van der Waals surface area contributed by atoms with E-state index in [1.807, 2.05) is 54.6 Å². The first-order chi connectivity index (χ1) is 15.0. The molecule has 0 unspecified atom stereocenters. The molecule has 0 radical (unpaired) electrons. The first kappa shape index (κ1) is 22.0. The second-order valence-corrected chi connectivity index (χ2v) is 7.07. The zero-order valence-electron chi connectivity index (χ0n) is 17.2. The quantitative estimate of drug-likeness (QED) is 0.533. The standard InChI is InChI=1S/C25H24FNO4/c1-30-25(29)23(27-24(28)16-20-8-5-9-21(26)14-20)15-18-10-12-22(13-11-18)31-17-19-6-3-2-4-7-19/h2-14,23H,15-17H2,1H3,(H,27,28)/t23-/m0/s1. The van der Waals surface area contributed by atoms with Crippen molar-refractivity contribution in [3.05, 3.63) is 101 Å². The van der Waals surface area contributed by atoms with Gasteiger partial charge in [0.15, 0.2) is 0 Å². The van der Waals surface area contributed by atoms with Crippen molar-refractivity contribution >= 4 is 11.9 Å². The van der Waals surface area contributed by atoms with E-state index in [9.17, 15) is 14.0 Å². The Morgan fingerprint density at radius 2 is 1.61 bits per heavy atom. The van der Waals surface area contributed by atoms with Crippen LogP contribution in [-0.4, -0.2) is 25.0 Å². The summed E-state index contributed by atoms with van der Waals surface area (Å²) in [7, 11) is 1.27. The van der Waals surface area contributed by atoms with E-state index < -0.39 is 17.8 Å². The van der Waals surface area contributed by atoms with Crippen LogP contribution in [0.2, 0.25) is 0 Å². The summed E-state index contributed by atoms with van der Waals surface area (Å²) in [6.07, 6.45) is 0.234. The maximum atomic E-state index is 13.3. The Labute approximate surface area is 180 Å². The molecule has 0 aromatic heterocycles. The number of halogens is 1. The molecule has 0 spiro atoms. The number of hydrogen-bond acceptors (Lipinski definition) is 4. The van der Waals surface area contributed by atoms with Crippen LogP contribution in [0, 0.1) is 5.82 Å². The smallest absolute Gasteiger partial charge is 0.328 e. The van der Waals surface area contributed by atoms with Crippen LogP contribution >= 0.6 is 0 Å². The second-order valence-electron chi connectivity index (χ2n) is 7.07. The molecule has 0 saturated heterocycles. The highest BCUT2D eigenvalue weighted by Gasteiger charge is 2.22. The van der Waals surface area contributed by atoms with E-state index in [1.54, 1.807) is 6.07 Å². The average molecular weight is 421 g/mol. The molecule has 0 aliphatic carbocycles. The van der Waals surface area contributed by atoms with Gasteiger partial charge in [-0.15, -0.1) is 0 Å². The van der Waals surface area contributed by atoms with Crippen molar-refractivity contribution in [2.24, 2.45) is 0 Å². The van der Waals surface area contributed by atoms with Crippen molar-refractivity contribution in [3.8, 4) is 5.75 Å². The molecule has 0 fully saturated rings. The first-order valence-electron chi connectivity index (χ1n) is 9.91. The van der Waals surface area contributed by atoms with Crippen LogP contribution in [0.15, 0.2) is 78.9 Å². The third-order valence-electron chi connectivity index (χ3n) is 4.69. The van der Waals surface area contributed by atoms with Crippen molar-refractivity contribution in [2.75, 3.05) is 7.11 Å². The lowest BCUT2D eigenvalue weighted by Crippen LogP contribution is -2.43. The lowest BCUT2D eigenvalue weighted by molar-refractivity contribution is -0.145. The van der Waals surface area contributed by atoms with Crippen molar-refractivity contribution in [1.82, 2.24) is 5.32 Å². The molecule has 1 N–H and O–H groups in total. The average Bonchev–Trinajstić information content (AvgIpc) is 2.78. The summed E-state index contributed by atoms with van der Waals surface area (Å²) in [5.41, 5.74) is 2.44. The van der Waals surface area contributed by atoms with Gasteiger partial charge in [0, 0.05) is 6.42 Å². The van der Waals surface area contributed by atoms with Crippen LogP contribution in [-0.2, 0) is 33.8 Å². The van der Waals surface area contributed by atoms with Gasteiger partial charge in [-0.2, -0.15) is 0 Å². The Morgan fingerprint density at radius 1 is 0.903 bits per heavy atom. The molecule has 0 saturated carbocycles. The minimum Gasteiger partial charge on any atom is -0.489 e. The summed E-state index contributed by atoms with van der Waals surface area (Å²) in [6.45, 7) is 0.459. The van der Waals surface area contributed by atoms with Crippen LogP contribution < -0.4 is 10.1 Å². The molecular weight excluding hydrogens is 397 g/mol. The van der Waals surface area contributed by atoms with E-state index in [1.165, 1.54) is 25.3 Å². The molecule has 3 aromatic rings. The van der Waals surface area contributed by atoms with Crippen LogP contribution in [0.1, 0.15) is 16.7 Å². The van der Waals surface area contributed by atoms with E-state index in [0.717, 1.165) is 11.1 Å². The Balaban J connectivity index is 1.58. The van der Waals surface area contributed by atoms with Gasteiger partial charge in [0.25, 0.3) is 0 Å². The summed E-state index contributed by atoms with van der Waals surface area (Å²) in [4.78, 5) is 24.5. The van der Waals surface area contributed by atoms with Gasteiger partial charge in [0.2, 0.25) is 5.91 Å². The third-order valence-corrected chi connectivity index (χ3v) is 4.69. The fraction of sp³-hybridized carbons (Fsp3) is 0.200. The number of amides is 1. The normalized spacial score (nSPS) is 11.4. The van der Waals surface area contributed by atoms with Crippen LogP contribution in [0.4, 0.5) is 4.39 Å². The van der Waals surface area contributed by atoms with Crippen molar-refractivity contribution in [1.29, 1.82) is 0 Å². The number of ether oxygens (including phenoxy) is 2. The maximum absolute atomic E-state index is 13.3. The van der Waals surface area contributed by atoms with Crippen LogP contribution in [0.3, 0.4) is 0 Å². The number of nitrogens with one attached hydrogen (secondary N) is 1. The van der Waals surface area contributed by atoms with E-state index in [2.05, 4.69) is 5.32 Å². The molecule has 0 aliphatic rings. The van der Waals surface area contributed by atoms with Crippen molar-refractivity contribution in [2.45, 2.75) is 25.5 Å². The van der Waals surface area contributed by atoms with Crippen molar-refractivity contribution < 1.29 is 23.5 Å². The molecule has 0 aliphatic heterocycles. The van der Waals surface area contributed by atoms with E-state index in [-0.39, 0.29) is 18.7 Å². The number of esters is 1. The van der Waals surface area contributed by atoms with Gasteiger partial charge in [0.1, 0.15) is 24.2 Å². The van der Waals surface area contributed by atoms with Gasteiger partial charge in [-0.05, 0) is 41.0 Å². The fourth-order valence-electron chi connectivity index (χ4n) is 3.11. The highest BCUT2D eigenvalue weighted by molar-refractivity contribution is 5.85.